The summed E-state index contributed by atoms with van der Waals surface area (Å²) in [5.41, 5.74) is 0. The van der Waals surface area contributed by atoms with Crippen LogP contribution in [0.4, 0.5) is 0 Å². The first-order valence-corrected chi connectivity index (χ1v) is 8.36. The molecule has 0 aliphatic heterocycles. The second kappa shape index (κ2) is 7.99. The Bertz CT molecular complexity index is 294. The summed E-state index contributed by atoms with van der Waals surface area (Å²) < 4.78 is 14.5. The number of hydrogen-bond acceptors (Lipinski definition) is 7. The van der Waals surface area contributed by atoms with Crippen LogP contribution < -0.4 is 0 Å². The molecule has 0 rings (SSSR count). The van der Waals surface area contributed by atoms with Crippen molar-refractivity contribution in [2.45, 2.75) is 40.0 Å². The molecule has 8 heteroatoms. The summed E-state index contributed by atoms with van der Waals surface area (Å²) >= 11 is -4.82. The molecular weight excluding hydrogens is 280 g/mol. The molecule has 0 unspecified atom stereocenters. The molecule has 0 aliphatic carbocycles. The van der Waals surface area contributed by atoms with E-state index in [0.29, 0.717) is 0 Å². The topological polar surface area (TPSA) is 96.0 Å². The van der Waals surface area contributed by atoms with Gasteiger partial charge in [0.2, 0.25) is 0 Å². The van der Waals surface area contributed by atoms with E-state index in [4.69, 9.17) is 9.96 Å². The van der Waals surface area contributed by atoms with Gasteiger partial charge in [-0.3, -0.25) is 0 Å². The van der Waals surface area contributed by atoms with Gasteiger partial charge < -0.3 is 0 Å². The average molecular weight is 296 g/mol. The minimum absolute atomic E-state index is 0.0197. The first kappa shape index (κ1) is 16.8. The fourth-order valence-corrected chi connectivity index (χ4v) is 3.41. The molecule has 0 aromatic carbocycles. The molecule has 0 saturated heterocycles. The second-order valence-corrected chi connectivity index (χ2v) is 6.41. The molecule has 0 fully saturated rings. The SMILES string of the molecule is CCC(=O)[O][Ti]([CH]=O)([O]C(=O)CC)[O]C(=O)CC. The van der Waals surface area contributed by atoms with Crippen LogP contribution in [0.5, 0.6) is 0 Å². The minimum atomic E-state index is -4.82. The van der Waals surface area contributed by atoms with Crippen LogP contribution in [-0.2, 0) is 46.9 Å². The third-order valence-electron chi connectivity index (χ3n) is 1.78. The Hall–Kier alpha value is -1.21. The predicted octanol–water partition coefficient (Wildman–Crippen LogP) is 0.935. The van der Waals surface area contributed by atoms with E-state index < -0.39 is 35.7 Å². The molecule has 18 heavy (non-hydrogen) atoms. The molecule has 102 valence electrons. The Labute approximate surface area is 110 Å². The molecule has 0 aromatic rings. The van der Waals surface area contributed by atoms with E-state index in [2.05, 4.69) is 0 Å². The average Bonchev–Trinajstić information content (AvgIpc) is 2.37. The summed E-state index contributed by atoms with van der Waals surface area (Å²) in [4.78, 5) is 44.7. The number of hydrogen-bond donors (Lipinski definition) is 0. The van der Waals surface area contributed by atoms with Gasteiger partial charge in [0.25, 0.3) is 0 Å². The van der Waals surface area contributed by atoms with Gasteiger partial charge in [0.05, 0.1) is 0 Å². The molecule has 0 radical (unpaired) electrons. The van der Waals surface area contributed by atoms with Gasteiger partial charge in [0.1, 0.15) is 0 Å². The van der Waals surface area contributed by atoms with Crippen molar-refractivity contribution in [3.63, 3.8) is 0 Å². The van der Waals surface area contributed by atoms with Gasteiger partial charge in [-0.05, 0) is 0 Å². The van der Waals surface area contributed by atoms with Gasteiger partial charge in [-0.25, -0.2) is 0 Å². The van der Waals surface area contributed by atoms with Gasteiger partial charge in [-0.2, -0.15) is 0 Å². The van der Waals surface area contributed by atoms with E-state index in [1.807, 2.05) is 0 Å². The van der Waals surface area contributed by atoms with Crippen molar-refractivity contribution in [3.8, 4) is 0 Å². The molecular formula is C10H16O7Ti. The van der Waals surface area contributed by atoms with Crippen molar-refractivity contribution in [2.75, 3.05) is 0 Å². The molecule has 0 saturated carbocycles. The molecule has 0 amide bonds. The summed E-state index contributed by atoms with van der Waals surface area (Å²) in [6, 6.07) is 0. The molecule has 0 atom stereocenters. The zero-order chi connectivity index (χ0) is 14.2. The third kappa shape index (κ3) is 5.42. The van der Waals surface area contributed by atoms with Crippen LogP contribution >= 0.6 is 0 Å². The third-order valence-corrected chi connectivity index (χ3v) is 4.63. The Balaban J connectivity index is 5.04. The monoisotopic (exact) mass is 296 g/mol. The Morgan fingerprint density at radius 3 is 1.28 bits per heavy atom. The van der Waals surface area contributed by atoms with E-state index in [-0.39, 0.29) is 23.9 Å². The van der Waals surface area contributed by atoms with Gasteiger partial charge >= 0.3 is 109 Å². The first-order chi connectivity index (χ1) is 8.42. The number of carbonyl (C=O) groups is 4. The number of rotatable bonds is 7. The normalized spacial score (nSPS) is 10.4. The van der Waals surface area contributed by atoms with E-state index >= 15 is 0 Å². The maximum absolute atomic E-state index is 11.2. The quantitative estimate of drug-likeness (QED) is 0.509. The summed E-state index contributed by atoms with van der Waals surface area (Å²) in [5, 5.41) is 0. The van der Waals surface area contributed by atoms with Crippen LogP contribution in [0.1, 0.15) is 40.0 Å². The molecule has 0 spiro atoms. The summed E-state index contributed by atoms with van der Waals surface area (Å²) in [6.07, 6.45) is -0.0590. The molecule has 0 N–H and O–H groups in total. The van der Waals surface area contributed by atoms with Crippen LogP contribution in [0.2, 0.25) is 0 Å². The van der Waals surface area contributed by atoms with E-state index in [1.165, 1.54) is 20.8 Å². The Kier molecular flexibility index (Phi) is 7.46. The molecule has 7 nitrogen and oxygen atoms in total. The van der Waals surface area contributed by atoms with Gasteiger partial charge in [-0.15, -0.1) is 0 Å². The predicted molar refractivity (Wildman–Crippen MR) is 55.9 cm³/mol. The van der Waals surface area contributed by atoms with E-state index in [1.54, 1.807) is 0 Å². The van der Waals surface area contributed by atoms with Crippen molar-refractivity contribution in [2.24, 2.45) is 0 Å². The molecule has 0 aromatic heterocycles. The second-order valence-electron chi connectivity index (χ2n) is 3.20. The maximum atomic E-state index is 11.2. The molecule has 0 heterocycles. The summed E-state index contributed by atoms with van der Waals surface area (Å²) in [7, 11) is 0. The Morgan fingerprint density at radius 1 is 0.833 bits per heavy atom. The first-order valence-electron chi connectivity index (χ1n) is 5.54. The van der Waals surface area contributed by atoms with Gasteiger partial charge in [0, 0.05) is 0 Å². The van der Waals surface area contributed by atoms with Crippen LogP contribution in [-0.4, -0.2) is 22.5 Å². The van der Waals surface area contributed by atoms with Crippen LogP contribution in [0, 0.1) is 0 Å². The fraction of sp³-hybridized carbons (Fsp3) is 0.600. The Morgan fingerprint density at radius 2 is 1.11 bits per heavy atom. The van der Waals surface area contributed by atoms with Crippen molar-refractivity contribution in [3.05, 3.63) is 0 Å². The van der Waals surface area contributed by atoms with Crippen LogP contribution in [0.15, 0.2) is 0 Å². The zero-order valence-electron chi connectivity index (χ0n) is 10.6. The van der Waals surface area contributed by atoms with Crippen molar-refractivity contribution >= 4 is 22.5 Å². The van der Waals surface area contributed by atoms with Crippen LogP contribution in [0.3, 0.4) is 0 Å². The fourth-order valence-electron chi connectivity index (χ4n) is 0.827. The summed E-state index contributed by atoms with van der Waals surface area (Å²) in [5.74, 6) is -2.26. The van der Waals surface area contributed by atoms with Gasteiger partial charge in [0.15, 0.2) is 0 Å². The van der Waals surface area contributed by atoms with Gasteiger partial charge in [-0.1, -0.05) is 0 Å². The van der Waals surface area contributed by atoms with Crippen molar-refractivity contribution in [1.29, 1.82) is 0 Å². The van der Waals surface area contributed by atoms with E-state index in [9.17, 15) is 19.2 Å². The summed E-state index contributed by atoms with van der Waals surface area (Å²) in [6.45, 7) is 4.51. The zero-order valence-corrected chi connectivity index (χ0v) is 12.1. The standard InChI is InChI=1S/3C3H6O2.CHO.Ti/c3*1-2-3(4)5;1-2;/h3*2H2,1H3,(H,4,5);1H;/q;;;;+3/p-3. The van der Waals surface area contributed by atoms with Crippen molar-refractivity contribution < 1.29 is 46.9 Å². The van der Waals surface area contributed by atoms with Crippen molar-refractivity contribution in [1.82, 2.24) is 0 Å². The van der Waals surface area contributed by atoms with E-state index in [0.717, 1.165) is 0 Å². The van der Waals surface area contributed by atoms with Crippen LogP contribution in [0.25, 0.3) is 0 Å². The number of carbonyl (C=O) groups excluding carboxylic acids is 4. The molecule has 0 aliphatic rings. The molecule has 0 bridgehead atoms.